The van der Waals surface area contributed by atoms with E-state index < -0.39 is 5.60 Å². The van der Waals surface area contributed by atoms with Crippen molar-refractivity contribution in [2.45, 2.75) is 45.3 Å². The van der Waals surface area contributed by atoms with Gasteiger partial charge in [-0.1, -0.05) is 20.3 Å². The molecule has 1 fully saturated rings. The molecule has 3 heteroatoms. The van der Waals surface area contributed by atoms with E-state index in [-0.39, 0.29) is 0 Å². The molecule has 3 nitrogen and oxygen atoms in total. The Morgan fingerprint density at radius 1 is 1.50 bits per heavy atom. The molecule has 1 rings (SSSR count). The Morgan fingerprint density at radius 3 is 2.71 bits per heavy atom. The summed E-state index contributed by atoms with van der Waals surface area (Å²) >= 11 is 0. The van der Waals surface area contributed by atoms with Gasteiger partial charge in [0.25, 0.3) is 0 Å². The van der Waals surface area contributed by atoms with Crippen molar-refractivity contribution in [3.8, 4) is 0 Å². The van der Waals surface area contributed by atoms with Crippen LogP contribution in [0, 0.1) is 5.92 Å². The van der Waals surface area contributed by atoms with E-state index in [1.807, 2.05) is 0 Å². The van der Waals surface area contributed by atoms with Gasteiger partial charge in [0.15, 0.2) is 0 Å². The summed E-state index contributed by atoms with van der Waals surface area (Å²) in [4.78, 5) is 0. The van der Waals surface area contributed by atoms with Gasteiger partial charge >= 0.3 is 0 Å². The quantitative estimate of drug-likeness (QED) is 0.701. The number of hydrogen-bond donors (Lipinski definition) is 2. The second kappa shape index (κ2) is 5.10. The fourth-order valence-electron chi connectivity index (χ4n) is 1.64. The van der Waals surface area contributed by atoms with Gasteiger partial charge in [-0.25, -0.2) is 0 Å². The number of rotatable bonds is 5. The standard InChI is InChI=1S/C11H23NO2/c1-4-9(2)10(3)12-7-11(13)5-6-14-8-11/h9-10,12-13H,4-8H2,1-3H3. The predicted octanol–water partition coefficient (Wildman–Crippen LogP) is 1.16. The molecular weight excluding hydrogens is 178 g/mol. The summed E-state index contributed by atoms with van der Waals surface area (Å²) in [5.41, 5.74) is -0.623. The zero-order valence-electron chi connectivity index (χ0n) is 9.55. The van der Waals surface area contributed by atoms with Crippen LogP contribution < -0.4 is 5.32 Å². The van der Waals surface area contributed by atoms with Crippen molar-refractivity contribution in [2.24, 2.45) is 5.92 Å². The maximum Gasteiger partial charge on any atom is 0.102 e. The molecule has 0 aromatic heterocycles. The molecule has 0 aromatic carbocycles. The van der Waals surface area contributed by atoms with Crippen LogP contribution in [0.4, 0.5) is 0 Å². The first kappa shape index (κ1) is 12.0. The monoisotopic (exact) mass is 201 g/mol. The highest BCUT2D eigenvalue weighted by Crippen LogP contribution is 2.18. The maximum absolute atomic E-state index is 10.0. The van der Waals surface area contributed by atoms with Crippen molar-refractivity contribution < 1.29 is 9.84 Å². The zero-order chi connectivity index (χ0) is 10.6. The Balaban J connectivity index is 2.25. The van der Waals surface area contributed by atoms with E-state index in [2.05, 4.69) is 26.1 Å². The Labute approximate surface area is 86.8 Å². The van der Waals surface area contributed by atoms with Crippen LogP contribution in [-0.4, -0.2) is 36.5 Å². The highest BCUT2D eigenvalue weighted by molar-refractivity contribution is 4.86. The van der Waals surface area contributed by atoms with E-state index in [0.717, 1.165) is 6.42 Å². The fourth-order valence-corrected chi connectivity index (χ4v) is 1.64. The molecule has 0 aliphatic carbocycles. The lowest BCUT2D eigenvalue weighted by atomic mass is 9.98. The minimum Gasteiger partial charge on any atom is -0.386 e. The molecule has 3 atom stereocenters. The van der Waals surface area contributed by atoms with Gasteiger partial charge in [0.2, 0.25) is 0 Å². The summed E-state index contributed by atoms with van der Waals surface area (Å²) in [6.45, 7) is 8.41. The van der Waals surface area contributed by atoms with Crippen LogP contribution >= 0.6 is 0 Å². The number of hydrogen-bond acceptors (Lipinski definition) is 3. The second-order valence-corrected chi connectivity index (χ2v) is 4.58. The van der Waals surface area contributed by atoms with Gasteiger partial charge in [0.05, 0.1) is 6.61 Å². The molecular formula is C11H23NO2. The molecule has 0 bridgehead atoms. The van der Waals surface area contributed by atoms with Gasteiger partial charge in [0, 0.05) is 25.6 Å². The summed E-state index contributed by atoms with van der Waals surface area (Å²) in [5, 5.41) is 13.4. The van der Waals surface area contributed by atoms with Crippen molar-refractivity contribution >= 4 is 0 Å². The maximum atomic E-state index is 10.0. The van der Waals surface area contributed by atoms with Gasteiger partial charge in [-0.05, 0) is 12.8 Å². The Morgan fingerprint density at radius 2 is 2.21 bits per heavy atom. The van der Waals surface area contributed by atoms with Gasteiger partial charge in [0.1, 0.15) is 5.60 Å². The van der Waals surface area contributed by atoms with E-state index in [1.54, 1.807) is 0 Å². The largest absolute Gasteiger partial charge is 0.386 e. The second-order valence-electron chi connectivity index (χ2n) is 4.58. The van der Waals surface area contributed by atoms with E-state index >= 15 is 0 Å². The molecule has 0 saturated carbocycles. The smallest absolute Gasteiger partial charge is 0.102 e. The molecule has 0 aromatic rings. The molecule has 0 radical (unpaired) electrons. The van der Waals surface area contributed by atoms with Gasteiger partial charge < -0.3 is 15.2 Å². The summed E-state index contributed by atoms with van der Waals surface area (Å²) in [6.07, 6.45) is 1.93. The lowest BCUT2D eigenvalue weighted by Crippen LogP contribution is -2.45. The normalized spacial score (nSPS) is 31.7. The topological polar surface area (TPSA) is 41.5 Å². The van der Waals surface area contributed by atoms with Gasteiger partial charge in [-0.2, -0.15) is 0 Å². The minimum absolute atomic E-state index is 0.463. The molecule has 1 heterocycles. The van der Waals surface area contributed by atoms with E-state index in [0.29, 0.717) is 31.7 Å². The third kappa shape index (κ3) is 3.23. The summed E-state index contributed by atoms with van der Waals surface area (Å²) < 4.78 is 5.19. The van der Waals surface area contributed by atoms with Crippen molar-refractivity contribution in [3.63, 3.8) is 0 Å². The Bertz CT molecular complexity index is 167. The van der Waals surface area contributed by atoms with E-state index in [9.17, 15) is 5.11 Å². The first-order valence-corrected chi connectivity index (χ1v) is 5.61. The van der Waals surface area contributed by atoms with Crippen LogP contribution in [0.25, 0.3) is 0 Å². The third-order valence-corrected chi connectivity index (χ3v) is 3.33. The molecule has 0 spiro atoms. The average molecular weight is 201 g/mol. The molecule has 2 N–H and O–H groups in total. The SMILES string of the molecule is CCC(C)C(C)NCC1(O)CCOC1. The summed E-state index contributed by atoms with van der Waals surface area (Å²) in [5.74, 6) is 0.654. The van der Waals surface area contributed by atoms with E-state index in [4.69, 9.17) is 4.74 Å². The average Bonchev–Trinajstić information content (AvgIpc) is 2.61. The Kier molecular flexibility index (Phi) is 4.35. The number of nitrogens with one attached hydrogen (secondary N) is 1. The zero-order valence-corrected chi connectivity index (χ0v) is 9.55. The first-order valence-electron chi connectivity index (χ1n) is 5.61. The highest BCUT2D eigenvalue weighted by atomic mass is 16.5. The first-order chi connectivity index (χ1) is 6.57. The van der Waals surface area contributed by atoms with Crippen molar-refractivity contribution in [2.75, 3.05) is 19.8 Å². The van der Waals surface area contributed by atoms with Crippen LogP contribution in [0.5, 0.6) is 0 Å². The summed E-state index contributed by atoms with van der Waals surface area (Å²) in [6, 6.07) is 0.463. The molecule has 1 saturated heterocycles. The third-order valence-electron chi connectivity index (χ3n) is 3.33. The molecule has 84 valence electrons. The van der Waals surface area contributed by atoms with Crippen LogP contribution in [0.3, 0.4) is 0 Å². The number of ether oxygens (including phenoxy) is 1. The summed E-state index contributed by atoms with van der Waals surface area (Å²) in [7, 11) is 0. The highest BCUT2D eigenvalue weighted by Gasteiger charge is 2.32. The van der Waals surface area contributed by atoms with Crippen LogP contribution in [0.2, 0.25) is 0 Å². The predicted molar refractivity (Wildman–Crippen MR) is 57.3 cm³/mol. The molecule has 0 amide bonds. The van der Waals surface area contributed by atoms with Crippen LogP contribution in [0.1, 0.15) is 33.6 Å². The minimum atomic E-state index is -0.623. The fraction of sp³-hybridized carbons (Fsp3) is 1.00. The molecule has 1 aliphatic heterocycles. The molecule has 3 unspecified atom stereocenters. The van der Waals surface area contributed by atoms with Gasteiger partial charge in [-0.3, -0.25) is 0 Å². The van der Waals surface area contributed by atoms with Gasteiger partial charge in [-0.15, -0.1) is 0 Å². The molecule has 14 heavy (non-hydrogen) atoms. The van der Waals surface area contributed by atoms with E-state index in [1.165, 1.54) is 6.42 Å². The number of aliphatic hydroxyl groups is 1. The van der Waals surface area contributed by atoms with Crippen LogP contribution in [-0.2, 0) is 4.74 Å². The Hall–Kier alpha value is -0.120. The van der Waals surface area contributed by atoms with Crippen molar-refractivity contribution in [1.29, 1.82) is 0 Å². The lowest BCUT2D eigenvalue weighted by molar-refractivity contribution is 0.0238. The van der Waals surface area contributed by atoms with Crippen LogP contribution in [0.15, 0.2) is 0 Å². The molecule has 1 aliphatic rings. The van der Waals surface area contributed by atoms with Crippen molar-refractivity contribution in [3.05, 3.63) is 0 Å². The lowest BCUT2D eigenvalue weighted by Gasteiger charge is -2.26. The van der Waals surface area contributed by atoms with Crippen molar-refractivity contribution in [1.82, 2.24) is 5.32 Å².